The lowest BCUT2D eigenvalue weighted by Crippen LogP contribution is -1.93. The molecule has 0 atom stereocenters. The van der Waals surface area contributed by atoms with Crippen molar-refractivity contribution in [1.82, 2.24) is 14.4 Å². The number of hydrogen-bond acceptors (Lipinski definition) is 3. The van der Waals surface area contributed by atoms with E-state index in [1.807, 2.05) is 17.5 Å². The predicted molar refractivity (Wildman–Crippen MR) is 169 cm³/mol. The summed E-state index contributed by atoms with van der Waals surface area (Å²) in [5, 5.41) is 6.13. The molecule has 9 rings (SSSR count). The first kappa shape index (κ1) is 21.8. The van der Waals surface area contributed by atoms with E-state index in [4.69, 9.17) is 9.97 Å². The fourth-order valence-electron chi connectivity index (χ4n) is 6.08. The van der Waals surface area contributed by atoms with Gasteiger partial charge in [0.05, 0.1) is 26.9 Å². The number of rotatable bonds is 2. The third-order valence-electron chi connectivity index (χ3n) is 8.03. The Morgan fingerprint density at radius 2 is 1.30 bits per heavy atom. The monoisotopic (exact) mass is 527 g/mol. The Hall–Kier alpha value is -5.06. The summed E-state index contributed by atoms with van der Waals surface area (Å²) in [6.07, 6.45) is 1.97. The van der Waals surface area contributed by atoms with E-state index in [0.717, 1.165) is 27.9 Å². The maximum absolute atomic E-state index is 5.11. The molecule has 4 heterocycles. The number of imidazole rings is 1. The third kappa shape index (κ3) is 3.11. The van der Waals surface area contributed by atoms with Gasteiger partial charge in [-0.05, 0) is 52.4 Å². The van der Waals surface area contributed by atoms with Crippen LogP contribution in [0.15, 0.2) is 128 Å². The van der Waals surface area contributed by atoms with Crippen LogP contribution in [0, 0.1) is 0 Å². The minimum atomic E-state index is 1.02. The molecule has 0 bridgehead atoms. The van der Waals surface area contributed by atoms with Crippen LogP contribution < -0.4 is 0 Å². The van der Waals surface area contributed by atoms with Crippen LogP contribution >= 0.6 is 11.3 Å². The van der Waals surface area contributed by atoms with E-state index in [9.17, 15) is 0 Å². The van der Waals surface area contributed by atoms with Gasteiger partial charge in [0, 0.05) is 32.4 Å². The summed E-state index contributed by atoms with van der Waals surface area (Å²) in [4.78, 5) is 9.86. The molecule has 40 heavy (non-hydrogen) atoms. The number of nitrogens with zero attached hydrogens (tertiary/aromatic N) is 3. The summed E-state index contributed by atoms with van der Waals surface area (Å²) in [6, 6.07) is 43.4. The quantitative estimate of drug-likeness (QED) is 0.209. The Labute approximate surface area is 233 Å². The second-order valence-corrected chi connectivity index (χ2v) is 11.3. The lowest BCUT2D eigenvalue weighted by atomic mass is 9.99. The molecule has 0 N–H and O–H groups in total. The zero-order chi connectivity index (χ0) is 26.2. The Kier molecular flexibility index (Phi) is 4.48. The highest BCUT2D eigenvalue weighted by atomic mass is 32.1. The molecule has 4 heteroatoms. The summed E-state index contributed by atoms with van der Waals surface area (Å²) in [6.45, 7) is 0. The molecule has 5 aromatic carbocycles. The van der Waals surface area contributed by atoms with Crippen molar-refractivity contribution in [2.24, 2.45) is 0 Å². The first-order valence-electron chi connectivity index (χ1n) is 13.4. The zero-order valence-electron chi connectivity index (χ0n) is 21.4. The first-order chi connectivity index (χ1) is 19.8. The van der Waals surface area contributed by atoms with Gasteiger partial charge in [-0.15, -0.1) is 11.3 Å². The molecule has 0 aliphatic carbocycles. The van der Waals surface area contributed by atoms with Crippen molar-refractivity contribution in [2.75, 3.05) is 0 Å². The second-order valence-electron chi connectivity index (χ2n) is 10.3. The molecule has 0 saturated heterocycles. The number of benzene rings is 5. The molecule has 3 nitrogen and oxygen atoms in total. The summed E-state index contributed by atoms with van der Waals surface area (Å²) in [5.74, 6) is 0. The first-order valence-corrected chi connectivity index (χ1v) is 14.2. The van der Waals surface area contributed by atoms with Gasteiger partial charge in [0.25, 0.3) is 0 Å². The Balaban J connectivity index is 1.23. The van der Waals surface area contributed by atoms with Gasteiger partial charge in [-0.3, -0.25) is 9.38 Å². The van der Waals surface area contributed by atoms with Crippen LogP contribution in [0.4, 0.5) is 0 Å². The molecule has 0 aliphatic heterocycles. The smallest absolute Gasteiger partial charge is 0.156 e. The molecule has 0 unspecified atom stereocenters. The van der Waals surface area contributed by atoms with Crippen molar-refractivity contribution in [3.63, 3.8) is 0 Å². The average Bonchev–Trinajstić information content (AvgIpc) is 3.59. The van der Waals surface area contributed by atoms with Crippen LogP contribution in [0.5, 0.6) is 0 Å². The van der Waals surface area contributed by atoms with Crippen molar-refractivity contribution in [3.05, 3.63) is 128 Å². The van der Waals surface area contributed by atoms with Gasteiger partial charge in [-0.25, -0.2) is 4.98 Å². The van der Waals surface area contributed by atoms with E-state index in [-0.39, 0.29) is 0 Å². The van der Waals surface area contributed by atoms with Gasteiger partial charge in [0.2, 0.25) is 0 Å². The van der Waals surface area contributed by atoms with E-state index in [1.165, 1.54) is 53.0 Å². The van der Waals surface area contributed by atoms with Crippen LogP contribution in [0.1, 0.15) is 0 Å². The summed E-state index contributed by atoms with van der Waals surface area (Å²) < 4.78 is 4.85. The molecule has 0 spiro atoms. The molecule has 0 amide bonds. The average molecular weight is 528 g/mol. The van der Waals surface area contributed by atoms with Crippen molar-refractivity contribution >= 4 is 69.9 Å². The largest absolute Gasteiger partial charge is 0.291 e. The molecule has 0 fully saturated rings. The van der Waals surface area contributed by atoms with Crippen molar-refractivity contribution in [1.29, 1.82) is 0 Å². The van der Waals surface area contributed by atoms with Gasteiger partial charge in [-0.2, -0.15) is 0 Å². The highest BCUT2D eigenvalue weighted by molar-refractivity contribution is 7.26. The van der Waals surface area contributed by atoms with E-state index in [2.05, 4.69) is 126 Å². The number of hydrogen-bond donors (Lipinski definition) is 0. The normalized spacial score (nSPS) is 12.0. The van der Waals surface area contributed by atoms with E-state index in [0.29, 0.717) is 0 Å². The minimum Gasteiger partial charge on any atom is -0.291 e. The van der Waals surface area contributed by atoms with Gasteiger partial charge < -0.3 is 0 Å². The van der Waals surface area contributed by atoms with Crippen LogP contribution in [0.2, 0.25) is 0 Å². The molecule has 4 aromatic heterocycles. The molecule has 0 radical (unpaired) electrons. The Morgan fingerprint density at radius 1 is 0.550 bits per heavy atom. The summed E-state index contributed by atoms with van der Waals surface area (Å²) >= 11 is 1.82. The van der Waals surface area contributed by atoms with Crippen LogP contribution in [0.25, 0.3) is 80.9 Å². The van der Waals surface area contributed by atoms with Crippen molar-refractivity contribution < 1.29 is 0 Å². The van der Waals surface area contributed by atoms with Gasteiger partial charge in [-0.1, -0.05) is 91.0 Å². The standard InChI is InChI=1S/C36H21N3S/c1-2-8-26-25(7-1)21-37-31-19-24(17-18-27(26)31)22-13-15-23(16-14-22)33-20-29-28-9-3-6-12-34(28)40-35(29)36-38-30-10-4-5-11-32(30)39(33)36/h1-21H. The van der Waals surface area contributed by atoms with Crippen LogP contribution in [-0.2, 0) is 0 Å². The highest BCUT2D eigenvalue weighted by Gasteiger charge is 2.17. The number of fused-ring (bicyclic) bond motifs is 10. The van der Waals surface area contributed by atoms with Crippen molar-refractivity contribution in [2.45, 2.75) is 0 Å². The number of para-hydroxylation sites is 2. The Morgan fingerprint density at radius 3 is 2.23 bits per heavy atom. The van der Waals surface area contributed by atoms with Crippen LogP contribution in [-0.4, -0.2) is 14.4 Å². The second kappa shape index (κ2) is 8.22. The topological polar surface area (TPSA) is 30.2 Å². The SMILES string of the molecule is c1ccc2c(c1)cnc1cc(-c3ccc(-c4cc5c6ccccc6sc5c5nc6ccccc6n45)cc3)ccc12. The Bertz CT molecular complexity index is 2430. The molecule has 186 valence electrons. The van der Waals surface area contributed by atoms with E-state index < -0.39 is 0 Å². The lowest BCUT2D eigenvalue weighted by Gasteiger charge is -2.10. The lowest BCUT2D eigenvalue weighted by molar-refractivity contribution is 1.25. The van der Waals surface area contributed by atoms with Crippen molar-refractivity contribution in [3.8, 4) is 22.4 Å². The minimum absolute atomic E-state index is 1.02. The predicted octanol–water partition coefficient (Wildman–Crippen LogP) is 9.89. The van der Waals surface area contributed by atoms with E-state index in [1.54, 1.807) is 0 Å². The van der Waals surface area contributed by atoms with Gasteiger partial charge in [0.1, 0.15) is 0 Å². The molecular formula is C36H21N3S. The van der Waals surface area contributed by atoms with Gasteiger partial charge >= 0.3 is 0 Å². The fraction of sp³-hybridized carbons (Fsp3) is 0. The number of thiophene rings is 1. The summed E-state index contributed by atoms with van der Waals surface area (Å²) in [7, 11) is 0. The van der Waals surface area contributed by atoms with Crippen LogP contribution in [0.3, 0.4) is 0 Å². The number of aromatic nitrogens is 3. The maximum atomic E-state index is 5.11. The molecule has 9 aromatic rings. The molecule has 0 saturated carbocycles. The molecule has 0 aliphatic rings. The third-order valence-corrected chi connectivity index (χ3v) is 9.21. The zero-order valence-corrected chi connectivity index (χ0v) is 22.2. The maximum Gasteiger partial charge on any atom is 0.156 e. The fourth-order valence-corrected chi connectivity index (χ4v) is 7.25. The van der Waals surface area contributed by atoms with E-state index >= 15 is 0 Å². The summed E-state index contributed by atoms with van der Waals surface area (Å²) in [5.41, 5.74) is 8.84. The number of pyridine rings is 2. The molecular weight excluding hydrogens is 506 g/mol. The highest BCUT2D eigenvalue weighted by Crippen LogP contribution is 2.40. The van der Waals surface area contributed by atoms with Gasteiger partial charge in [0.15, 0.2) is 5.65 Å².